The van der Waals surface area contributed by atoms with E-state index >= 15 is 0 Å². The molecule has 3 atom stereocenters. The molecule has 0 saturated heterocycles. The van der Waals surface area contributed by atoms with Crippen LogP contribution in [0.3, 0.4) is 0 Å². The molecule has 8 heteroatoms. The number of alkyl halides is 3. The first-order valence-corrected chi connectivity index (χ1v) is 8.18. The van der Waals surface area contributed by atoms with Crippen LogP contribution in [0.25, 0.3) is 0 Å². The van der Waals surface area contributed by atoms with Crippen molar-refractivity contribution in [2.24, 2.45) is 18.9 Å². The van der Waals surface area contributed by atoms with Gasteiger partial charge >= 0.3 is 6.18 Å². The van der Waals surface area contributed by atoms with Crippen molar-refractivity contribution in [1.82, 2.24) is 14.9 Å². The number of aryl methyl sites for hydroxylation is 1. The standard InChI is InChI=1S/C16H24F3N3O2/c1-11-5-3-4-6-12(11)10-21-13(23)9-15(24,16(17,18)19)14-20-7-8-22(14)2/h7-8,11-12,24H,3-6,9-10H2,1-2H3,(H,21,23). The van der Waals surface area contributed by atoms with Crippen LogP contribution < -0.4 is 5.32 Å². The van der Waals surface area contributed by atoms with Gasteiger partial charge in [-0.1, -0.05) is 26.2 Å². The molecule has 1 aromatic heterocycles. The highest BCUT2D eigenvalue weighted by atomic mass is 19.4. The number of halogens is 3. The number of carbonyl (C=O) groups is 1. The van der Waals surface area contributed by atoms with Crippen LogP contribution in [0.15, 0.2) is 12.4 Å². The molecule has 24 heavy (non-hydrogen) atoms. The Morgan fingerprint density at radius 2 is 2.08 bits per heavy atom. The van der Waals surface area contributed by atoms with Crippen molar-refractivity contribution in [3.05, 3.63) is 18.2 Å². The van der Waals surface area contributed by atoms with Gasteiger partial charge in [-0.05, 0) is 18.3 Å². The third-order valence-corrected chi connectivity index (χ3v) is 4.93. The first kappa shape index (κ1) is 18.8. The van der Waals surface area contributed by atoms with Gasteiger partial charge in [0, 0.05) is 26.0 Å². The number of hydrogen-bond donors (Lipinski definition) is 2. The zero-order valence-electron chi connectivity index (χ0n) is 13.9. The van der Waals surface area contributed by atoms with Gasteiger partial charge < -0.3 is 15.0 Å². The Kier molecular flexibility index (Phi) is 5.57. The van der Waals surface area contributed by atoms with Gasteiger partial charge in [0.05, 0.1) is 6.42 Å². The zero-order valence-corrected chi connectivity index (χ0v) is 13.9. The van der Waals surface area contributed by atoms with Crippen LogP contribution in [0.5, 0.6) is 0 Å². The van der Waals surface area contributed by atoms with E-state index in [9.17, 15) is 23.1 Å². The number of aromatic nitrogens is 2. The van der Waals surface area contributed by atoms with Crippen molar-refractivity contribution in [1.29, 1.82) is 0 Å². The van der Waals surface area contributed by atoms with E-state index in [4.69, 9.17) is 0 Å². The van der Waals surface area contributed by atoms with E-state index in [1.165, 1.54) is 13.2 Å². The third-order valence-electron chi connectivity index (χ3n) is 4.93. The highest BCUT2D eigenvalue weighted by Crippen LogP contribution is 2.40. The molecular weight excluding hydrogens is 323 g/mol. The molecule has 1 aliphatic carbocycles. The molecule has 0 spiro atoms. The van der Waals surface area contributed by atoms with Crippen molar-refractivity contribution in [3.8, 4) is 0 Å². The predicted octanol–water partition coefficient (Wildman–Crippen LogP) is 2.50. The maximum atomic E-state index is 13.4. The average molecular weight is 347 g/mol. The molecule has 2 rings (SSSR count). The fourth-order valence-corrected chi connectivity index (χ4v) is 3.31. The smallest absolute Gasteiger partial charge is 0.374 e. The second kappa shape index (κ2) is 7.13. The van der Waals surface area contributed by atoms with Gasteiger partial charge in [-0.15, -0.1) is 0 Å². The number of amides is 1. The summed E-state index contributed by atoms with van der Waals surface area (Å²) < 4.78 is 41.2. The Balaban J connectivity index is 2.04. The van der Waals surface area contributed by atoms with Gasteiger partial charge in [0.25, 0.3) is 0 Å². The molecule has 1 aliphatic rings. The van der Waals surface area contributed by atoms with Gasteiger partial charge in [0.1, 0.15) is 0 Å². The lowest BCUT2D eigenvalue weighted by atomic mass is 9.80. The van der Waals surface area contributed by atoms with Crippen LogP contribution in [-0.4, -0.2) is 33.3 Å². The van der Waals surface area contributed by atoms with Crippen LogP contribution in [0, 0.1) is 11.8 Å². The molecular formula is C16H24F3N3O2. The van der Waals surface area contributed by atoms with Gasteiger partial charge in [-0.3, -0.25) is 4.79 Å². The fraction of sp³-hybridized carbons (Fsp3) is 0.750. The molecule has 1 fully saturated rings. The van der Waals surface area contributed by atoms with Gasteiger partial charge in [0.15, 0.2) is 5.82 Å². The van der Waals surface area contributed by atoms with E-state index in [0.29, 0.717) is 12.5 Å². The van der Waals surface area contributed by atoms with E-state index in [2.05, 4.69) is 17.2 Å². The SMILES string of the molecule is CC1CCCCC1CNC(=O)CC(O)(c1nccn1C)C(F)(F)F. The largest absolute Gasteiger partial charge is 0.425 e. The van der Waals surface area contributed by atoms with E-state index in [1.54, 1.807) is 0 Å². The number of aliphatic hydroxyl groups is 1. The molecule has 136 valence electrons. The Morgan fingerprint density at radius 1 is 1.42 bits per heavy atom. The quantitative estimate of drug-likeness (QED) is 0.860. The topological polar surface area (TPSA) is 67.2 Å². The minimum Gasteiger partial charge on any atom is -0.374 e. The molecule has 1 heterocycles. The summed E-state index contributed by atoms with van der Waals surface area (Å²) in [6, 6.07) is 0. The van der Waals surface area contributed by atoms with E-state index < -0.39 is 29.9 Å². The van der Waals surface area contributed by atoms with Crippen molar-refractivity contribution in [3.63, 3.8) is 0 Å². The molecule has 0 aromatic carbocycles. The molecule has 1 amide bonds. The molecule has 5 nitrogen and oxygen atoms in total. The van der Waals surface area contributed by atoms with Crippen LogP contribution in [0.1, 0.15) is 44.9 Å². The van der Waals surface area contributed by atoms with Crippen molar-refractivity contribution >= 4 is 5.91 Å². The van der Waals surface area contributed by atoms with Crippen molar-refractivity contribution < 1.29 is 23.1 Å². The summed E-state index contributed by atoms with van der Waals surface area (Å²) in [7, 11) is 1.35. The number of nitrogens with one attached hydrogen (secondary N) is 1. The van der Waals surface area contributed by atoms with Gasteiger partial charge in [-0.2, -0.15) is 13.2 Å². The second-order valence-corrected chi connectivity index (χ2v) is 6.72. The number of carbonyl (C=O) groups excluding carboxylic acids is 1. The Morgan fingerprint density at radius 3 is 2.62 bits per heavy atom. The Hall–Kier alpha value is -1.57. The molecule has 0 bridgehead atoms. The molecule has 1 aromatic rings. The van der Waals surface area contributed by atoms with Crippen molar-refractivity contribution in [2.75, 3.05) is 6.54 Å². The summed E-state index contributed by atoms with van der Waals surface area (Å²) >= 11 is 0. The summed E-state index contributed by atoms with van der Waals surface area (Å²) in [5.41, 5.74) is -3.30. The first-order chi connectivity index (χ1) is 11.1. The molecule has 2 N–H and O–H groups in total. The lowest BCUT2D eigenvalue weighted by molar-refractivity contribution is -0.271. The first-order valence-electron chi connectivity index (χ1n) is 8.18. The maximum Gasteiger partial charge on any atom is 0.425 e. The number of rotatable bonds is 5. The van der Waals surface area contributed by atoms with Crippen LogP contribution >= 0.6 is 0 Å². The van der Waals surface area contributed by atoms with E-state index in [0.717, 1.165) is 36.4 Å². The number of hydrogen-bond acceptors (Lipinski definition) is 3. The van der Waals surface area contributed by atoms with E-state index in [1.807, 2.05) is 0 Å². The lowest BCUT2D eigenvalue weighted by Gasteiger charge is -2.31. The Labute approximate surface area is 139 Å². The average Bonchev–Trinajstić information content (AvgIpc) is 2.92. The number of nitrogens with zero attached hydrogens (tertiary/aromatic N) is 2. The summed E-state index contributed by atoms with van der Waals surface area (Å²) in [4.78, 5) is 15.6. The highest BCUT2D eigenvalue weighted by molar-refractivity contribution is 5.77. The van der Waals surface area contributed by atoms with Gasteiger partial charge in [0.2, 0.25) is 11.5 Å². The van der Waals surface area contributed by atoms with Crippen LogP contribution in [-0.2, 0) is 17.4 Å². The van der Waals surface area contributed by atoms with Crippen molar-refractivity contribution in [2.45, 2.75) is 50.8 Å². The number of imidazole rings is 1. The van der Waals surface area contributed by atoms with Crippen LogP contribution in [0.4, 0.5) is 13.2 Å². The minimum atomic E-state index is -5.00. The normalized spacial score (nSPS) is 24.4. The maximum absolute atomic E-state index is 13.4. The van der Waals surface area contributed by atoms with Crippen LogP contribution in [0.2, 0.25) is 0 Å². The fourth-order valence-electron chi connectivity index (χ4n) is 3.31. The lowest BCUT2D eigenvalue weighted by Crippen LogP contribution is -2.48. The summed E-state index contributed by atoms with van der Waals surface area (Å²) in [6.07, 6.45) is 0.624. The van der Waals surface area contributed by atoms with E-state index in [-0.39, 0.29) is 5.92 Å². The minimum absolute atomic E-state index is 0.273. The highest BCUT2D eigenvalue weighted by Gasteiger charge is 2.58. The third kappa shape index (κ3) is 3.91. The molecule has 3 unspecified atom stereocenters. The zero-order chi connectivity index (χ0) is 18.0. The van der Waals surface area contributed by atoms with Gasteiger partial charge in [-0.25, -0.2) is 4.98 Å². The summed E-state index contributed by atoms with van der Waals surface area (Å²) in [5, 5.41) is 12.7. The summed E-state index contributed by atoms with van der Waals surface area (Å²) in [5.74, 6) is -0.697. The molecule has 0 aliphatic heterocycles. The second-order valence-electron chi connectivity index (χ2n) is 6.72. The molecule has 1 saturated carbocycles. The predicted molar refractivity (Wildman–Crippen MR) is 81.9 cm³/mol. The molecule has 0 radical (unpaired) electrons. The monoisotopic (exact) mass is 347 g/mol. The Bertz CT molecular complexity index is 573. The summed E-state index contributed by atoms with van der Waals surface area (Å²) in [6.45, 7) is 2.43.